The van der Waals surface area contributed by atoms with Gasteiger partial charge in [0, 0.05) is 4.47 Å². The van der Waals surface area contributed by atoms with E-state index in [2.05, 4.69) is 21.2 Å². The second kappa shape index (κ2) is 6.36. The lowest BCUT2D eigenvalue weighted by Gasteiger charge is -2.22. The highest BCUT2D eigenvalue weighted by atomic mass is 79.9. The van der Waals surface area contributed by atoms with Gasteiger partial charge in [-0.05, 0) is 56.5 Å². The molecule has 0 bridgehead atoms. The fourth-order valence-electron chi connectivity index (χ4n) is 2.10. The number of hydrogen-bond donors (Lipinski definition) is 1. The van der Waals surface area contributed by atoms with Gasteiger partial charge in [-0.25, -0.2) is 4.39 Å². The number of piperidine rings is 1. The van der Waals surface area contributed by atoms with Crippen molar-refractivity contribution in [1.29, 1.82) is 0 Å². The first-order chi connectivity index (χ1) is 8.25. The van der Waals surface area contributed by atoms with Crippen LogP contribution in [0, 0.1) is 11.7 Å². The maximum atomic E-state index is 13.4. The average Bonchev–Trinajstić information content (AvgIpc) is 2.33. The summed E-state index contributed by atoms with van der Waals surface area (Å²) in [7, 11) is 0. The van der Waals surface area contributed by atoms with Crippen LogP contribution < -0.4 is 10.1 Å². The zero-order valence-electron chi connectivity index (χ0n) is 9.72. The first-order valence-electron chi connectivity index (χ1n) is 6.04. The standard InChI is InChI=1S/C13H17BrFNO/c14-11-3-4-13(12(15)8-11)17-7-5-10-2-1-6-16-9-10/h3-4,8,10,16H,1-2,5-7,9H2. The van der Waals surface area contributed by atoms with Crippen LogP contribution in [0.4, 0.5) is 4.39 Å². The van der Waals surface area contributed by atoms with Gasteiger partial charge in [0.05, 0.1) is 6.61 Å². The van der Waals surface area contributed by atoms with E-state index in [4.69, 9.17) is 4.74 Å². The van der Waals surface area contributed by atoms with Crippen molar-refractivity contribution >= 4 is 15.9 Å². The van der Waals surface area contributed by atoms with E-state index in [1.807, 2.05) is 0 Å². The molecule has 0 saturated carbocycles. The minimum atomic E-state index is -0.304. The highest BCUT2D eigenvalue weighted by molar-refractivity contribution is 9.10. The summed E-state index contributed by atoms with van der Waals surface area (Å²) in [6, 6.07) is 4.89. The largest absolute Gasteiger partial charge is 0.491 e. The Labute approximate surface area is 110 Å². The topological polar surface area (TPSA) is 21.3 Å². The Balaban J connectivity index is 1.77. The molecular formula is C13H17BrFNO. The molecule has 1 fully saturated rings. The fourth-order valence-corrected chi connectivity index (χ4v) is 2.43. The molecule has 2 nitrogen and oxygen atoms in total. The predicted molar refractivity (Wildman–Crippen MR) is 69.8 cm³/mol. The third kappa shape index (κ3) is 3.96. The lowest BCUT2D eigenvalue weighted by Crippen LogP contribution is -2.30. The van der Waals surface area contributed by atoms with Gasteiger partial charge >= 0.3 is 0 Å². The van der Waals surface area contributed by atoms with Crippen LogP contribution >= 0.6 is 15.9 Å². The summed E-state index contributed by atoms with van der Waals surface area (Å²) < 4.78 is 19.7. The lowest BCUT2D eigenvalue weighted by atomic mass is 9.97. The Morgan fingerprint density at radius 2 is 2.35 bits per heavy atom. The molecule has 94 valence electrons. The Bertz CT molecular complexity index is 366. The number of benzene rings is 1. The zero-order valence-corrected chi connectivity index (χ0v) is 11.3. The quantitative estimate of drug-likeness (QED) is 0.921. The molecule has 1 aromatic carbocycles. The van der Waals surface area contributed by atoms with Gasteiger partial charge in [-0.1, -0.05) is 15.9 Å². The van der Waals surface area contributed by atoms with E-state index in [-0.39, 0.29) is 5.82 Å². The van der Waals surface area contributed by atoms with Crippen LogP contribution in [-0.4, -0.2) is 19.7 Å². The van der Waals surface area contributed by atoms with E-state index in [1.54, 1.807) is 12.1 Å². The molecule has 0 aromatic heterocycles. The van der Waals surface area contributed by atoms with Gasteiger partial charge in [-0.15, -0.1) is 0 Å². The van der Waals surface area contributed by atoms with Gasteiger partial charge in [0.2, 0.25) is 0 Å². The summed E-state index contributed by atoms with van der Waals surface area (Å²) in [5, 5.41) is 3.37. The van der Waals surface area contributed by atoms with Crippen molar-refractivity contribution in [2.75, 3.05) is 19.7 Å². The van der Waals surface area contributed by atoms with Crippen molar-refractivity contribution in [2.24, 2.45) is 5.92 Å². The Morgan fingerprint density at radius 3 is 3.06 bits per heavy atom. The van der Waals surface area contributed by atoms with E-state index in [0.717, 1.165) is 24.0 Å². The van der Waals surface area contributed by atoms with Gasteiger partial charge in [-0.2, -0.15) is 0 Å². The van der Waals surface area contributed by atoms with Crippen molar-refractivity contribution in [1.82, 2.24) is 5.32 Å². The molecule has 4 heteroatoms. The van der Waals surface area contributed by atoms with E-state index in [0.29, 0.717) is 18.3 Å². The van der Waals surface area contributed by atoms with Crippen LogP contribution in [0.25, 0.3) is 0 Å². The molecule has 0 aliphatic carbocycles. The Morgan fingerprint density at radius 1 is 1.47 bits per heavy atom. The minimum absolute atomic E-state index is 0.304. The normalized spacial score (nSPS) is 20.2. The number of nitrogens with one attached hydrogen (secondary N) is 1. The molecule has 1 atom stereocenters. The van der Waals surface area contributed by atoms with Gasteiger partial charge in [0.15, 0.2) is 11.6 Å². The molecule has 1 aromatic rings. The maximum absolute atomic E-state index is 13.4. The van der Waals surface area contributed by atoms with Crippen LogP contribution in [0.3, 0.4) is 0 Å². The summed E-state index contributed by atoms with van der Waals surface area (Å²) >= 11 is 3.22. The van der Waals surface area contributed by atoms with Crippen LogP contribution in [-0.2, 0) is 0 Å². The molecule has 0 radical (unpaired) electrons. The molecule has 1 heterocycles. The van der Waals surface area contributed by atoms with Gasteiger partial charge < -0.3 is 10.1 Å². The average molecular weight is 302 g/mol. The predicted octanol–water partition coefficient (Wildman–Crippen LogP) is 3.36. The molecular weight excluding hydrogens is 285 g/mol. The summed E-state index contributed by atoms with van der Waals surface area (Å²) in [6.45, 7) is 2.77. The molecule has 1 saturated heterocycles. The molecule has 17 heavy (non-hydrogen) atoms. The number of ether oxygens (including phenoxy) is 1. The monoisotopic (exact) mass is 301 g/mol. The molecule has 1 aliphatic heterocycles. The van der Waals surface area contributed by atoms with E-state index < -0.39 is 0 Å². The Hall–Kier alpha value is -0.610. The van der Waals surface area contributed by atoms with E-state index in [1.165, 1.54) is 18.9 Å². The molecule has 1 aliphatic rings. The van der Waals surface area contributed by atoms with Crippen molar-refractivity contribution in [2.45, 2.75) is 19.3 Å². The van der Waals surface area contributed by atoms with Gasteiger partial charge in [-0.3, -0.25) is 0 Å². The summed E-state index contributed by atoms with van der Waals surface area (Å²) in [4.78, 5) is 0. The van der Waals surface area contributed by atoms with Crippen molar-refractivity contribution in [3.8, 4) is 5.75 Å². The highest BCUT2D eigenvalue weighted by Gasteiger charge is 2.13. The lowest BCUT2D eigenvalue weighted by molar-refractivity contribution is 0.246. The fraction of sp³-hybridized carbons (Fsp3) is 0.538. The second-order valence-corrected chi connectivity index (χ2v) is 5.34. The molecule has 0 amide bonds. The third-order valence-corrected chi connectivity index (χ3v) is 3.57. The van der Waals surface area contributed by atoms with Crippen molar-refractivity contribution < 1.29 is 9.13 Å². The van der Waals surface area contributed by atoms with E-state index in [9.17, 15) is 4.39 Å². The number of hydrogen-bond acceptors (Lipinski definition) is 2. The second-order valence-electron chi connectivity index (χ2n) is 4.42. The summed E-state index contributed by atoms with van der Waals surface area (Å²) in [5.41, 5.74) is 0. The first kappa shape index (κ1) is 12.8. The third-order valence-electron chi connectivity index (χ3n) is 3.08. The maximum Gasteiger partial charge on any atom is 0.166 e. The van der Waals surface area contributed by atoms with Crippen LogP contribution in [0.2, 0.25) is 0 Å². The molecule has 1 unspecified atom stereocenters. The van der Waals surface area contributed by atoms with Gasteiger partial charge in [0.25, 0.3) is 0 Å². The summed E-state index contributed by atoms with van der Waals surface area (Å²) in [5.74, 6) is 0.709. The number of rotatable bonds is 4. The SMILES string of the molecule is Fc1cc(Br)ccc1OCCC1CCCNC1. The number of halogens is 2. The Kier molecular flexibility index (Phi) is 4.80. The van der Waals surface area contributed by atoms with E-state index >= 15 is 0 Å². The molecule has 1 N–H and O–H groups in total. The molecule has 2 rings (SSSR count). The van der Waals surface area contributed by atoms with Crippen molar-refractivity contribution in [3.63, 3.8) is 0 Å². The minimum Gasteiger partial charge on any atom is -0.491 e. The zero-order chi connectivity index (χ0) is 12.1. The van der Waals surface area contributed by atoms with Crippen LogP contribution in [0.15, 0.2) is 22.7 Å². The van der Waals surface area contributed by atoms with Crippen LogP contribution in [0.5, 0.6) is 5.75 Å². The first-order valence-corrected chi connectivity index (χ1v) is 6.83. The summed E-state index contributed by atoms with van der Waals surface area (Å²) in [6.07, 6.45) is 3.47. The van der Waals surface area contributed by atoms with Crippen molar-refractivity contribution in [3.05, 3.63) is 28.5 Å². The van der Waals surface area contributed by atoms with Crippen LogP contribution in [0.1, 0.15) is 19.3 Å². The van der Waals surface area contributed by atoms with Gasteiger partial charge in [0.1, 0.15) is 0 Å². The highest BCUT2D eigenvalue weighted by Crippen LogP contribution is 2.22. The molecule has 0 spiro atoms. The smallest absolute Gasteiger partial charge is 0.166 e.